The maximum absolute atomic E-state index is 5.77. The van der Waals surface area contributed by atoms with Gasteiger partial charge < -0.3 is 15.2 Å². The van der Waals surface area contributed by atoms with Crippen LogP contribution in [0.2, 0.25) is 0 Å². The lowest BCUT2D eigenvalue weighted by molar-refractivity contribution is -0.158. The smallest absolute Gasteiger partial charge is 0.200 e. The summed E-state index contributed by atoms with van der Waals surface area (Å²) in [5, 5.41) is 0.453. The molecule has 1 aliphatic rings. The van der Waals surface area contributed by atoms with Crippen LogP contribution in [0.25, 0.3) is 0 Å². The van der Waals surface area contributed by atoms with Gasteiger partial charge in [0.2, 0.25) is 0 Å². The standard InChI is InChI=1S/C9H15N3O2S/c1-8(2)5(13-9(3,4)14-8)6-11-7(10)15-12-6/h5H,1-4H3,(H2,10,11,12). The van der Waals surface area contributed by atoms with Crippen LogP contribution in [0, 0.1) is 0 Å². The largest absolute Gasteiger partial charge is 0.374 e. The summed E-state index contributed by atoms with van der Waals surface area (Å²) in [4.78, 5) is 4.13. The van der Waals surface area contributed by atoms with Crippen LogP contribution in [0.1, 0.15) is 39.6 Å². The third-order valence-electron chi connectivity index (χ3n) is 2.23. The van der Waals surface area contributed by atoms with Gasteiger partial charge in [0.25, 0.3) is 0 Å². The summed E-state index contributed by atoms with van der Waals surface area (Å²) in [6.07, 6.45) is -0.263. The Morgan fingerprint density at radius 1 is 1.33 bits per heavy atom. The highest BCUT2D eigenvalue weighted by atomic mass is 32.1. The highest BCUT2D eigenvalue weighted by Crippen LogP contribution is 2.44. The Hall–Kier alpha value is -0.720. The van der Waals surface area contributed by atoms with E-state index in [-0.39, 0.29) is 6.10 Å². The second-order valence-electron chi connectivity index (χ2n) is 4.59. The van der Waals surface area contributed by atoms with Crippen molar-refractivity contribution in [2.75, 3.05) is 5.73 Å². The zero-order valence-corrected chi connectivity index (χ0v) is 10.1. The molecule has 6 heteroatoms. The van der Waals surface area contributed by atoms with Gasteiger partial charge in [0, 0.05) is 11.5 Å². The molecular formula is C9H15N3O2S. The highest BCUT2D eigenvalue weighted by Gasteiger charge is 2.49. The van der Waals surface area contributed by atoms with Crippen LogP contribution < -0.4 is 5.73 Å². The molecule has 2 rings (SSSR count). The molecule has 0 spiro atoms. The number of nitrogens with zero attached hydrogens (tertiary/aromatic N) is 2. The third-order valence-corrected chi connectivity index (χ3v) is 2.79. The predicted octanol–water partition coefficient (Wildman–Crippen LogP) is 1.72. The van der Waals surface area contributed by atoms with Crippen LogP contribution in [0.5, 0.6) is 0 Å². The first-order chi connectivity index (χ1) is 6.80. The highest BCUT2D eigenvalue weighted by molar-refractivity contribution is 7.09. The summed E-state index contributed by atoms with van der Waals surface area (Å²) in [6.45, 7) is 7.68. The van der Waals surface area contributed by atoms with E-state index in [0.717, 1.165) is 0 Å². The number of hydrogen-bond donors (Lipinski definition) is 1. The quantitative estimate of drug-likeness (QED) is 0.794. The van der Waals surface area contributed by atoms with Crippen molar-refractivity contribution in [1.29, 1.82) is 0 Å². The van der Waals surface area contributed by atoms with Crippen molar-refractivity contribution < 1.29 is 9.47 Å². The van der Waals surface area contributed by atoms with E-state index in [0.29, 0.717) is 11.0 Å². The Kier molecular flexibility index (Phi) is 2.25. The molecule has 0 radical (unpaired) electrons. The molecule has 0 amide bonds. The number of aromatic nitrogens is 2. The molecule has 0 saturated carbocycles. The molecule has 1 atom stereocenters. The van der Waals surface area contributed by atoms with Crippen LogP contribution in [0.4, 0.5) is 5.13 Å². The van der Waals surface area contributed by atoms with Crippen LogP contribution in [0.3, 0.4) is 0 Å². The van der Waals surface area contributed by atoms with E-state index in [2.05, 4.69) is 9.36 Å². The molecule has 15 heavy (non-hydrogen) atoms. The van der Waals surface area contributed by atoms with Gasteiger partial charge in [-0.15, -0.1) is 0 Å². The van der Waals surface area contributed by atoms with E-state index in [1.807, 2.05) is 27.7 Å². The van der Waals surface area contributed by atoms with Crippen LogP contribution in [-0.4, -0.2) is 20.7 Å². The molecular weight excluding hydrogens is 214 g/mol. The topological polar surface area (TPSA) is 70.3 Å². The molecule has 84 valence electrons. The van der Waals surface area contributed by atoms with Gasteiger partial charge >= 0.3 is 0 Å². The summed E-state index contributed by atoms with van der Waals surface area (Å²) in [7, 11) is 0. The lowest BCUT2D eigenvalue weighted by Gasteiger charge is -2.22. The van der Waals surface area contributed by atoms with E-state index < -0.39 is 11.4 Å². The summed E-state index contributed by atoms with van der Waals surface area (Å²) in [6, 6.07) is 0. The van der Waals surface area contributed by atoms with Gasteiger partial charge in [0.15, 0.2) is 16.7 Å². The van der Waals surface area contributed by atoms with Crippen molar-refractivity contribution in [3.63, 3.8) is 0 Å². The Balaban J connectivity index is 2.30. The molecule has 1 aromatic heterocycles. The minimum atomic E-state index is -0.603. The summed E-state index contributed by atoms with van der Waals surface area (Å²) < 4.78 is 15.7. The number of rotatable bonds is 1. The van der Waals surface area contributed by atoms with Gasteiger partial charge in [0.1, 0.15) is 6.10 Å². The SMILES string of the molecule is CC1(C)OC(c2nsc(N)n2)C(C)(C)O1. The molecule has 2 N–H and O–H groups in total. The van der Waals surface area contributed by atoms with Gasteiger partial charge in [-0.2, -0.15) is 4.37 Å². The molecule has 1 aliphatic heterocycles. The zero-order chi connectivity index (χ0) is 11.3. The second kappa shape index (κ2) is 3.13. The normalized spacial score (nSPS) is 28.1. The fourth-order valence-corrected chi connectivity index (χ4v) is 2.31. The number of nitrogens with two attached hydrogens (primary N) is 1. The fraction of sp³-hybridized carbons (Fsp3) is 0.778. The first-order valence-electron chi connectivity index (χ1n) is 4.77. The van der Waals surface area contributed by atoms with Crippen molar-refractivity contribution >= 4 is 16.7 Å². The Labute approximate surface area is 92.8 Å². The third kappa shape index (κ3) is 1.97. The van der Waals surface area contributed by atoms with Gasteiger partial charge in [-0.1, -0.05) is 0 Å². The van der Waals surface area contributed by atoms with Crippen molar-refractivity contribution in [3.8, 4) is 0 Å². The molecule has 1 aromatic rings. The number of nitrogen functional groups attached to an aromatic ring is 1. The Bertz CT molecular complexity index is 375. The molecule has 0 bridgehead atoms. The lowest BCUT2D eigenvalue weighted by atomic mass is 10.0. The van der Waals surface area contributed by atoms with E-state index in [4.69, 9.17) is 15.2 Å². The van der Waals surface area contributed by atoms with E-state index in [1.165, 1.54) is 11.5 Å². The van der Waals surface area contributed by atoms with E-state index in [1.54, 1.807) is 0 Å². The minimum Gasteiger partial charge on any atom is -0.374 e. The zero-order valence-electron chi connectivity index (χ0n) is 9.27. The van der Waals surface area contributed by atoms with E-state index >= 15 is 0 Å². The van der Waals surface area contributed by atoms with Gasteiger partial charge in [0.05, 0.1) is 5.60 Å². The maximum atomic E-state index is 5.77. The Morgan fingerprint density at radius 2 is 2.00 bits per heavy atom. The fourth-order valence-electron chi connectivity index (χ4n) is 1.85. The van der Waals surface area contributed by atoms with Crippen LogP contribution in [0.15, 0.2) is 0 Å². The summed E-state index contributed by atoms with van der Waals surface area (Å²) in [5.41, 5.74) is 5.12. The number of ether oxygens (including phenoxy) is 2. The van der Waals surface area contributed by atoms with Crippen LogP contribution in [-0.2, 0) is 9.47 Å². The molecule has 1 saturated heterocycles. The van der Waals surface area contributed by atoms with Crippen molar-refractivity contribution in [1.82, 2.24) is 9.36 Å². The molecule has 0 aliphatic carbocycles. The Morgan fingerprint density at radius 3 is 2.40 bits per heavy atom. The van der Waals surface area contributed by atoms with Gasteiger partial charge in [-0.25, -0.2) is 4.98 Å². The monoisotopic (exact) mass is 229 g/mol. The van der Waals surface area contributed by atoms with Gasteiger partial charge in [-0.05, 0) is 27.7 Å². The van der Waals surface area contributed by atoms with Crippen molar-refractivity contribution in [3.05, 3.63) is 5.82 Å². The molecule has 2 heterocycles. The number of hydrogen-bond acceptors (Lipinski definition) is 6. The predicted molar refractivity (Wildman–Crippen MR) is 57.4 cm³/mol. The second-order valence-corrected chi connectivity index (χ2v) is 5.38. The summed E-state index contributed by atoms with van der Waals surface area (Å²) in [5.74, 6) is 0.00175. The first-order valence-corrected chi connectivity index (χ1v) is 5.55. The first kappa shape index (κ1) is 10.8. The molecule has 0 aromatic carbocycles. The lowest BCUT2D eigenvalue weighted by Crippen LogP contribution is -2.28. The van der Waals surface area contributed by atoms with Gasteiger partial charge in [-0.3, -0.25) is 0 Å². The molecule has 1 unspecified atom stereocenters. The summed E-state index contributed by atoms with van der Waals surface area (Å²) >= 11 is 1.17. The van der Waals surface area contributed by atoms with Crippen molar-refractivity contribution in [2.45, 2.75) is 45.2 Å². The van der Waals surface area contributed by atoms with Crippen molar-refractivity contribution in [2.24, 2.45) is 0 Å². The van der Waals surface area contributed by atoms with E-state index in [9.17, 15) is 0 Å². The van der Waals surface area contributed by atoms with Crippen LogP contribution >= 0.6 is 11.5 Å². The minimum absolute atomic E-state index is 0.263. The number of anilines is 1. The maximum Gasteiger partial charge on any atom is 0.200 e. The molecule has 5 nitrogen and oxygen atoms in total. The average Bonchev–Trinajstić information content (AvgIpc) is 2.52. The molecule has 1 fully saturated rings. The average molecular weight is 229 g/mol.